The summed E-state index contributed by atoms with van der Waals surface area (Å²) >= 11 is 0. The van der Waals surface area contributed by atoms with Gasteiger partial charge in [-0.05, 0) is 24.1 Å². The van der Waals surface area contributed by atoms with Gasteiger partial charge >= 0.3 is 0 Å². The van der Waals surface area contributed by atoms with E-state index in [1.54, 1.807) is 6.20 Å². The molecule has 0 bridgehead atoms. The predicted octanol–water partition coefficient (Wildman–Crippen LogP) is 1.95. The van der Waals surface area contributed by atoms with Crippen LogP contribution in [0.2, 0.25) is 0 Å². The minimum atomic E-state index is -0.183. The van der Waals surface area contributed by atoms with E-state index in [1.165, 1.54) is 0 Å². The monoisotopic (exact) mass is 322 g/mol. The first-order valence-electron chi connectivity index (χ1n) is 7.15. The molecule has 2 unspecified atom stereocenters. The van der Waals surface area contributed by atoms with Crippen LogP contribution in [0.3, 0.4) is 0 Å². The predicted molar refractivity (Wildman–Crippen MR) is 89.7 cm³/mol. The molecule has 0 saturated heterocycles. The van der Waals surface area contributed by atoms with Crippen molar-refractivity contribution in [1.29, 1.82) is 0 Å². The molecule has 0 aliphatic rings. The van der Waals surface area contributed by atoms with E-state index in [1.807, 2.05) is 42.9 Å². The number of carbonyl (C=O) groups is 1. The zero-order chi connectivity index (χ0) is 15.2. The fourth-order valence-corrected chi connectivity index (χ4v) is 2.01. The van der Waals surface area contributed by atoms with Crippen LogP contribution in [0.5, 0.6) is 0 Å². The highest BCUT2D eigenvalue weighted by Crippen LogP contribution is 2.08. The number of hydrogen-bond acceptors (Lipinski definition) is 3. The maximum Gasteiger partial charge on any atom is 0.224 e. The van der Waals surface area contributed by atoms with Crippen molar-refractivity contribution in [2.75, 3.05) is 0 Å². The molecule has 3 N–H and O–H groups in total. The van der Waals surface area contributed by atoms with Crippen molar-refractivity contribution in [3.63, 3.8) is 0 Å². The van der Waals surface area contributed by atoms with Gasteiger partial charge < -0.3 is 11.1 Å². The van der Waals surface area contributed by atoms with E-state index in [-0.39, 0.29) is 30.3 Å². The Kier molecular flexibility index (Phi) is 7.08. The lowest BCUT2D eigenvalue weighted by atomic mass is 10.0. The fourth-order valence-electron chi connectivity index (χ4n) is 2.01. The third-order valence-corrected chi connectivity index (χ3v) is 3.56. The van der Waals surface area contributed by atoms with Gasteiger partial charge in [-0.25, -0.2) is 0 Å². The SMILES string of the molecule is CC(N)C(C)C(=O)NCc1cccc(Cn2cccn2)c1.Cl. The van der Waals surface area contributed by atoms with Gasteiger partial charge in [0.25, 0.3) is 0 Å². The third kappa shape index (κ3) is 5.16. The number of rotatable bonds is 6. The van der Waals surface area contributed by atoms with E-state index in [4.69, 9.17) is 5.73 Å². The molecule has 1 heterocycles. The standard InChI is InChI=1S/C16H22N4O.ClH/c1-12(13(2)17)16(21)18-10-14-5-3-6-15(9-14)11-20-8-4-7-19-20;/h3-9,12-13H,10-11,17H2,1-2H3,(H,18,21);1H. The van der Waals surface area contributed by atoms with Crippen LogP contribution in [0.25, 0.3) is 0 Å². The fraction of sp³-hybridized carbons (Fsp3) is 0.375. The number of nitrogens with two attached hydrogens (primary N) is 1. The second kappa shape index (κ2) is 8.56. The first kappa shape index (κ1) is 18.2. The average molecular weight is 323 g/mol. The van der Waals surface area contributed by atoms with Crippen molar-refractivity contribution in [1.82, 2.24) is 15.1 Å². The molecule has 1 aromatic carbocycles. The number of amides is 1. The lowest BCUT2D eigenvalue weighted by Gasteiger charge is -2.15. The molecule has 0 spiro atoms. The van der Waals surface area contributed by atoms with Crippen molar-refractivity contribution in [3.8, 4) is 0 Å². The summed E-state index contributed by atoms with van der Waals surface area (Å²) in [5, 5.41) is 7.12. The van der Waals surface area contributed by atoms with Crippen LogP contribution in [-0.4, -0.2) is 21.7 Å². The van der Waals surface area contributed by atoms with Gasteiger partial charge in [-0.15, -0.1) is 12.4 Å². The van der Waals surface area contributed by atoms with Crippen molar-refractivity contribution < 1.29 is 4.79 Å². The van der Waals surface area contributed by atoms with E-state index < -0.39 is 0 Å². The Hall–Kier alpha value is -1.85. The highest BCUT2D eigenvalue weighted by Gasteiger charge is 2.16. The van der Waals surface area contributed by atoms with E-state index in [9.17, 15) is 4.79 Å². The second-order valence-corrected chi connectivity index (χ2v) is 5.39. The van der Waals surface area contributed by atoms with Crippen LogP contribution in [0.1, 0.15) is 25.0 Å². The van der Waals surface area contributed by atoms with Gasteiger partial charge in [-0.2, -0.15) is 5.10 Å². The largest absolute Gasteiger partial charge is 0.352 e. The molecule has 120 valence electrons. The summed E-state index contributed by atoms with van der Waals surface area (Å²) in [5.74, 6) is -0.195. The van der Waals surface area contributed by atoms with Gasteiger partial charge in [0.2, 0.25) is 5.91 Å². The molecule has 2 atom stereocenters. The van der Waals surface area contributed by atoms with Gasteiger partial charge in [-0.3, -0.25) is 9.48 Å². The molecule has 2 rings (SSSR count). The van der Waals surface area contributed by atoms with Crippen molar-refractivity contribution in [2.24, 2.45) is 11.7 Å². The number of nitrogens with zero attached hydrogens (tertiary/aromatic N) is 2. The zero-order valence-electron chi connectivity index (χ0n) is 12.9. The average Bonchev–Trinajstić information content (AvgIpc) is 2.97. The van der Waals surface area contributed by atoms with Crippen molar-refractivity contribution >= 4 is 18.3 Å². The van der Waals surface area contributed by atoms with Crippen molar-refractivity contribution in [3.05, 3.63) is 53.9 Å². The van der Waals surface area contributed by atoms with E-state index in [0.29, 0.717) is 6.54 Å². The molecule has 0 radical (unpaired) electrons. The van der Waals surface area contributed by atoms with Crippen LogP contribution in [-0.2, 0) is 17.9 Å². The normalized spacial score (nSPS) is 13.0. The number of hydrogen-bond donors (Lipinski definition) is 2. The van der Waals surface area contributed by atoms with Gasteiger partial charge in [0, 0.05) is 30.9 Å². The molecule has 22 heavy (non-hydrogen) atoms. The topological polar surface area (TPSA) is 72.9 Å². The number of benzene rings is 1. The first-order valence-corrected chi connectivity index (χ1v) is 7.15. The number of nitrogens with one attached hydrogen (secondary N) is 1. The molecule has 1 amide bonds. The van der Waals surface area contributed by atoms with Crippen LogP contribution in [0.4, 0.5) is 0 Å². The van der Waals surface area contributed by atoms with Gasteiger partial charge in [0.05, 0.1) is 6.54 Å². The maximum atomic E-state index is 11.9. The Bertz CT molecular complexity index is 584. The Morgan fingerprint density at radius 1 is 1.32 bits per heavy atom. The molecule has 6 heteroatoms. The number of aromatic nitrogens is 2. The number of carbonyl (C=O) groups excluding carboxylic acids is 1. The lowest BCUT2D eigenvalue weighted by Crippen LogP contribution is -2.38. The Balaban J connectivity index is 0.00000242. The summed E-state index contributed by atoms with van der Waals surface area (Å²) in [5.41, 5.74) is 7.97. The zero-order valence-corrected chi connectivity index (χ0v) is 13.7. The molecule has 5 nitrogen and oxygen atoms in total. The molecular formula is C16H23ClN4O. The minimum Gasteiger partial charge on any atom is -0.352 e. The summed E-state index contributed by atoms with van der Waals surface area (Å²) in [6.45, 7) is 4.93. The van der Waals surface area contributed by atoms with E-state index in [2.05, 4.69) is 22.5 Å². The van der Waals surface area contributed by atoms with Gasteiger partial charge in [0.1, 0.15) is 0 Å². The Labute approximate surface area is 137 Å². The van der Waals surface area contributed by atoms with Gasteiger partial charge in [0.15, 0.2) is 0 Å². The molecule has 0 aliphatic heterocycles. The summed E-state index contributed by atoms with van der Waals surface area (Å²) in [6, 6.07) is 9.89. The summed E-state index contributed by atoms with van der Waals surface area (Å²) in [7, 11) is 0. The van der Waals surface area contributed by atoms with Crippen LogP contribution in [0.15, 0.2) is 42.7 Å². The van der Waals surface area contributed by atoms with Gasteiger partial charge in [-0.1, -0.05) is 31.2 Å². The first-order chi connectivity index (χ1) is 10.1. The van der Waals surface area contributed by atoms with Crippen molar-refractivity contribution in [2.45, 2.75) is 33.0 Å². The summed E-state index contributed by atoms with van der Waals surface area (Å²) in [4.78, 5) is 11.9. The minimum absolute atomic E-state index is 0. The lowest BCUT2D eigenvalue weighted by molar-refractivity contribution is -0.125. The van der Waals surface area contributed by atoms with Crippen LogP contribution < -0.4 is 11.1 Å². The quantitative estimate of drug-likeness (QED) is 0.853. The van der Waals surface area contributed by atoms with Crippen LogP contribution >= 0.6 is 12.4 Å². The van der Waals surface area contributed by atoms with E-state index >= 15 is 0 Å². The second-order valence-electron chi connectivity index (χ2n) is 5.39. The smallest absolute Gasteiger partial charge is 0.224 e. The number of halogens is 1. The van der Waals surface area contributed by atoms with Crippen LogP contribution in [0, 0.1) is 5.92 Å². The molecule has 0 saturated carbocycles. The third-order valence-electron chi connectivity index (χ3n) is 3.56. The van der Waals surface area contributed by atoms with E-state index in [0.717, 1.165) is 17.7 Å². The molecule has 0 fully saturated rings. The molecular weight excluding hydrogens is 300 g/mol. The Morgan fingerprint density at radius 3 is 2.68 bits per heavy atom. The molecule has 0 aliphatic carbocycles. The molecule has 1 aromatic heterocycles. The summed E-state index contributed by atoms with van der Waals surface area (Å²) < 4.78 is 1.87. The maximum absolute atomic E-state index is 11.9. The molecule has 2 aromatic rings. The Morgan fingerprint density at radius 2 is 2.05 bits per heavy atom. The summed E-state index contributed by atoms with van der Waals surface area (Å²) in [6.07, 6.45) is 3.69. The highest BCUT2D eigenvalue weighted by atomic mass is 35.5. The highest BCUT2D eigenvalue weighted by molar-refractivity contribution is 5.85.